The first-order valence-electron chi connectivity index (χ1n) is 12.4. The average molecular weight is 482 g/mol. The van der Waals surface area contributed by atoms with E-state index in [1.807, 2.05) is 30.3 Å². The second kappa shape index (κ2) is 14.0. The number of hydrogen-bond acceptors (Lipinski definition) is 5. The summed E-state index contributed by atoms with van der Waals surface area (Å²) in [6.07, 6.45) is 10.6. The van der Waals surface area contributed by atoms with Crippen LogP contribution in [0.5, 0.6) is 17.2 Å². The smallest absolute Gasteiger partial charge is 0.494 e. The summed E-state index contributed by atoms with van der Waals surface area (Å²) < 4.78 is 17.9. The lowest BCUT2D eigenvalue weighted by Crippen LogP contribution is -2.17. The summed E-state index contributed by atoms with van der Waals surface area (Å²) in [7, 11) is 0. The number of Topliss-reactive ketones (excluding diaryl/α,β-unsaturated/α-hetero) is 1. The lowest BCUT2D eigenvalue weighted by Gasteiger charge is -2.09. The number of rotatable bonds is 16. The highest BCUT2D eigenvalue weighted by Gasteiger charge is 2.10. The lowest BCUT2D eigenvalue weighted by molar-refractivity contribution is -0.121. The maximum Gasteiger partial charge on any atom is 0.511 e. The van der Waals surface area contributed by atoms with E-state index in [0.717, 1.165) is 23.1 Å². The van der Waals surface area contributed by atoms with Crippen LogP contribution in [0, 0.1) is 0 Å². The molecular formula is C28H35NO6. The maximum absolute atomic E-state index is 12.4. The van der Waals surface area contributed by atoms with Crippen LogP contribution in [0.2, 0.25) is 0 Å². The molecule has 3 aromatic rings. The number of nitrogens with zero attached hydrogens (tertiary/aromatic N) is 1. The van der Waals surface area contributed by atoms with Gasteiger partial charge in [-0.3, -0.25) is 4.79 Å². The van der Waals surface area contributed by atoms with Crippen LogP contribution in [-0.2, 0) is 11.3 Å². The Kier molecular flexibility index (Phi) is 10.5. The SMILES string of the molecule is CCCCCCCCCCOc1ccc(OCC(=O)Cn2ccc3cc(OC(=O)O)ccc32)cc1. The Morgan fingerprint density at radius 1 is 0.800 bits per heavy atom. The van der Waals surface area contributed by atoms with E-state index in [-0.39, 0.29) is 24.7 Å². The van der Waals surface area contributed by atoms with E-state index in [4.69, 9.17) is 14.6 Å². The Morgan fingerprint density at radius 3 is 2.11 bits per heavy atom. The van der Waals surface area contributed by atoms with Crippen LogP contribution >= 0.6 is 0 Å². The highest BCUT2D eigenvalue weighted by atomic mass is 16.7. The van der Waals surface area contributed by atoms with E-state index in [2.05, 4.69) is 11.7 Å². The maximum atomic E-state index is 12.4. The first-order chi connectivity index (χ1) is 17.0. The van der Waals surface area contributed by atoms with Gasteiger partial charge in [0.1, 0.15) is 23.9 Å². The molecule has 0 aliphatic carbocycles. The molecule has 188 valence electrons. The third-order valence-corrected chi connectivity index (χ3v) is 5.78. The van der Waals surface area contributed by atoms with Gasteiger partial charge in [0.2, 0.25) is 0 Å². The van der Waals surface area contributed by atoms with E-state index in [9.17, 15) is 9.59 Å². The first-order valence-corrected chi connectivity index (χ1v) is 12.4. The molecule has 0 bridgehead atoms. The minimum atomic E-state index is -1.36. The Hall–Kier alpha value is -3.48. The van der Waals surface area contributed by atoms with Crippen LogP contribution < -0.4 is 14.2 Å². The van der Waals surface area contributed by atoms with Gasteiger partial charge < -0.3 is 23.9 Å². The molecule has 1 N–H and O–H groups in total. The molecule has 1 heterocycles. The largest absolute Gasteiger partial charge is 0.511 e. The number of carbonyl (C=O) groups is 2. The van der Waals surface area contributed by atoms with Crippen LogP contribution in [0.4, 0.5) is 4.79 Å². The predicted molar refractivity (Wildman–Crippen MR) is 136 cm³/mol. The fourth-order valence-electron chi connectivity index (χ4n) is 3.94. The molecule has 3 rings (SSSR count). The van der Waals surface area contributed by atoms with Gasteiger partial charge >= 0.3 is 6.16 Å². The summed E-state index contributed by atoms with van der Waals surface area (Å²) in [5.41, 5.74) is 0.814. The number of ketones is 1. The van der Waals surface area contributed by atoms with E-state index in [1.54, 1.807) is 29.0 Å². The molecule has 35 heavy (non-hydrogen) atoms. The Bertz CT molecular complexity index is 1070. The topological polar surface area (TPSA) is 87.0 Å². The van der Waals surface area contributed by atoms with Crippen molar-refractivity contribution in [3.05, 3.63) is 54.7 Å². The van der Waals surface area contributed by atoms with Crippen molar-refractivity contribution in [1.29, 1.82) is 0 Å². The molecule has 0 unspecified atom stereocenters. The molecule has 7 nitrogen and oxygen atoms in total. The quantitative estimate of drug-likeness (QED) is 0.137. The number of fused-ring (bicyclic) bond motifs is 1. The van der Waals surface area contributed by atoms with Crippen LogP contribution in [0.1, 0.15) is 58.3 Å². The molecule has 1 aromatic heterocycles. The van der Waals surface area contributed by atoms with Gasteiger partial charge in [-0.05, 0) is 55.0 Å². The minimum absolute atomic E-state index is 0.0433. The molecule has 0 saturated heterocycles. The first kappa shape index (κ1) is 26.1. The third kappa shape index (κ3) is 9.00. The van der Waals surface area contributed by atoms with Crippen molar-refractivity contribution < 1.29 is 28.9 Å². The average Bonchev–Trinajstić information content (AvgIpc) is 3.23. The van der Waals surface area contributed by atoms with Crippen molar-refractivity contribution >= 4 is 22.8 Å². The third-order valence-electron chi connectivity index (χ3n) is 5.78. The van der Waals surface area contributed by atoms with Crippen LogP contribution in [0.3, 0.4) is 0 Å². The number of benzene rings is 2. The lowest BCUT2D eigenvalue weighted by atomic mass is 10.1. The molecule has 0 spiro atoms. The summed E-state index contributed by atoms with van der Waals surface area (Å²) in [6, 6.07) is 14.1. The molecule has 0 saturated carbocycles. The Labute approximate surface area is 206 Å². The predicted octanol–water partition coefficient (Wildman–Crippen LogP) is 6.87. The highest BCUT2D eigenvalue weighted by Crippen LogP contribution is 2.23. The Morgan fingerprint density at radius 2 is 1.43 bits per heavy atom. The fraction of sp³-hybridized carbons (Fsp3) is 0.429. The van der Waals surface area contributed by atoms with Crippen molar-refractivity contribution in [2.75, 3.05) is 13.2 Å². The van der Waals surface area contributed by atoms with Crippen molar-refractivity contribution in [3.63, 3.8) is 0 Å². The summed E-state index contributed by atoms with van der Waals surface area (Å²) in [5, 5.41) is 9.52. The van der Waals surface area contributed by atoms with Crippen LogP contribution in [-0.4, -0.2) is 34.8 Å². The highest BCUT2D eigenvalue weighted by molar-refractivity contribution is 5.86. The molecule has 7 heteroatoms. The summed E-state index contributed by atoms with van der Waals surface area (Å²) >= 11 is 0. The van der Waals surface area contributed by atoms with E-state index >= 15 is 0 Å². The van der Waals surface area contributed by atoms with Gasteiger partial charge in [-0.25, -0.2) is 4.79 Å². The van der Waals surface area contributed by atoms with Gasteiger partial charge in [0.15, 0.2) is 5.78 Å². The molecular weight excluding hydrogens is 446 g/mol. The van der Waals surface area contributed by atoms with Gasteiger partial charge in [-0.1, -0.05) is 51.9 Å². The number of ether oxygens (including phenoxy) is 3. The number of hydrogen-bond donors (Lipinski definition) is 1. The van der Waals surface area contributed by atoms with E-state index < -0.39 is 6.16 Å². The normalized spacial score (nSPS) is 10.9. The second-order valence-electron chi connectivity index (χ2n) is 8.65. The van der Waals surface area contributed by atoms with Gasteiger partial charge in [-0.2, -0.15) is 0 Å². The molecule has 0 atom stereocenters. The van der Waals surface area contributed by atoms with Gasteiger partial charge in [0.05, 0.1) is 13.2 Å². The minimum Gasteiger partial charge on any atom is -0.494 e. The molecule has 0 fully saturated rings. The van der Waals surface area contributed by atoms with Crippen molar-refractivity contribution in [1.82, 2.24) is 4.57 Å². The number of unbranched alkanes of at least 4 members (excludes halogenated alkanes) is 7. The van der Waals surface area contributed by atoms with E-state index in [0.29, 0.717) is 12.4 Å². The second-order valence-corrected chi connectivity index (χ2v) is 8.65. The summed E-state index contributed by atoms with van der Waals surface area (Å²) in [4.78, 5) is 23.1. The molecule has 2 aromatic carbocycles. The zero-order valence-electron chi connectivity index (χ0n) is 20.4. The van der Waals surface area contributed by atoms with Crippen molar-refractivity contribution in [3.8, 4) is 17.2 Å². The standard InChI is InChI=1S/C28H35NO6/c1-2-3-4-5-6-7-8-9-18-33-24-10-12-25(13-11-24)34-21-23(30)20-29-17-16-22-19-26(35-28(31)32)14-15-27(22)29/h10-17,19H,2-9,18,20-21H2,1H3,(H,31,32). The summed E-state index contributed by atoms with van der Waals surface area (Å²) in [6.45, 7) is 3.06. The Balaban J connectivity index is 1.35. The fourth-order valence-corrected chi connectivity index (χ4v) is 3.94. The zero-order chi connectivity index (χ0) is 24.9. The van der Waals surface area contributed by atoms with Crippen LogP contribution in [0.25, 0.3) is 10.9 Å². The summed E-state index contributed by atoms with van der Waals surface area (Å²) in [5.74, 6) is 1.58. The van der Waals surface area contributed by atoms with Gasteiger partial charge in [-0.15, -0.1) is 0 Å². The number of carbonyl (C=O) groups excluding carboxylic acids is 1. The monoisotopic (exact) mass is 481 g/mol. The van der Waals surface area contributed by atoms with Crippen molar-refractivity contribution in [2.24, 2.45) is 0 Å². The van der Waals surface area contributed by atoms with Crippen molar-refractivity contribution in [2.45, 2.75) is 64.8 Å². The number of carboxylic acid groups (broad SMARTS) is 1. The van der Waals surface area contributed by atoms with Gasteiger partial charge in [0.25, 0.3) is 0 Å². The van der Waals surface area contributed by atoms with E-state index in [1.165, 1.54) is 44.9 Å². The molecule has 0 aliphatic heterocycles. The number of aromatic nitrogens is 1. The molecule has 0 radical (unpaired) electrons. The van der Waals surface area contributed by atoms with Crippen LogP contribution in [0.15, 0.2) is 54.7 Å². The molecule has 0 aliphatic rings. The van der Waals surface area contributed by atoms with Gasteiger partial charge in [0, 0.05) is 17.1 Å². The zero-order valence-corrected chi connectivity index (χ0v) is 20.4. The molecule has 0 amide bonds.